The Morgan fingerprint density at radius 1 is 1.02 bits per heavy atom. The summed E-state index contributed by atoms with van der Waals surface area (Å²) in [5.74, 6) is -4.97. The zero-order valence-electron chi connectivity index (χ0n) is 22.2. The van der Waals surface area contributed by atoms with Crippen molar-refractivity contribution < 1.29 is 60.8 Å². The molecule has 10 nitrogen and oxygen atoms in total. The number of amides is 1. The molecule has 1 aromatic rings. The summed E-state index contributed by atoms with van der Waals surface area (Å²) in [5, 5.41) is 24.6. The number of carbonyl (C=O) groups is 3. The fourth-order valence-electron chi connectivity index (χ4n) is 5.05. The quantitative estimate of drug-likeness (QED) is 0.420. The highest BCUT2D eigenvalue weighted by molar-refractivity contribution is 5.78. The normalized spacial score (nSPS) is 23.6. The highest BCUT2D eigenvalue weighted by Crippen LogP contribution is 2.44. The van der Waals surface area contributed by atoms with Gasteiger partial charge in [0.25, 0.3) is 0 Å². The molecule has 3 aliphatic rings. The van der Waals surface area contributed by atoms with Crippen molar-refractivity contribution in [1.29, 1.82) is 0 Å². The first-order valence-electron chi connectivity index (χ1n) is 12.6. The van der Waals surface area contributed by atoms with Crippen LogP contribution in [0, 0.1) is 11.3 Å². The van der Waals surface area contributed by atoms with Crippen LogP contribution in [0.5, 0.6) is 0 Å². The fraction of sp³-hybridized carbons (Fsp3) is 0.680. The van der Waals surface area contributed by atoms with Gasteiger partial charge in [-0.15, -0.1) is 0 Å². The molecule has 1 saturated carbocycles. The monoisotopic (exact) mass is 601 g/mol. The van der Waals surface area contributed by atoms with Crippen LogP contribution in [0.1, 0.15) is 37.8 Å². The molecule has 4 rings (SSSR count). The van der Waals surface area contributed by atoms with Gasteiger partial charge in [0.15, 0.2) is 0 Å². The molecule has 2 atom stereocenters. The Bertz CT molecular complexity index is 1010. The number of nitrogens with zero attached hydrogens (tertiary/aromatic N) is 3. The minimum absolute atomic E-state index is 0.122. The van der Waals surface area contributed by atoms with Gasteiger partial charge in [-0.05, 0) is 44.9 Å². The molecule has 16 heteroatoms. The van der Waals surface area contributed by atoms with Crippen LogP contribution in [0.15, 0.2) is 24.4 Å². The zero-order chi connectivity index (χ0) is 31.1. The van der Waals surface area contributed by atoms with E-state index in [1.165, 1.54) is 0 Å². The van der Waals surface area contributed by atoms with Crippen molar-refractivity contribution in [2.75, 3.05) is 39.8 Å². The van der Waals surface area contributed by atoms with Crippen LogP contribution in [-0.4, -0.2) is 106 Å². The summed E-state index contributed by atoms with van der Waals surface area (Å²) >= 11 is 0. The molecule has 1 amide bonds. The van der Waals surface area contributed by atoms with Crippen LogP contribution < -0.4 is 0 Å². The number of hydrogen-bond acceptors (Lipinski definition) is 7. The van der Waals surface area contributed by atoms with Crippen LogP contribution in [-0.2, 0) is 25.7 Å². The summed E-state index contributed by atoms with van der Waals surface area (Å²) in [4.78, 5) is 39.2. The molecule has 2 aliphatic heterocycles. The zero-order valence-corrected chi connectivity index (χ0v) is 22.2. The number of carboxylic acid groups (broad SMARTS) is 2. The molecule has 1 aromatic heterocycles. The summed E-state index contributed by atoms with van der Waals surface area (Å²) in [6.45, 7) is 4.86. The van der Waals surface area contributed by atoms with Gasteiger partial charge in [0, 0.05) is 43.7 Å². The van der Waals surface area contributed by atoms with Gasteiger partial charge in [-0.2, -0.15) is 26.3 Å². The van der Waals surface area contributed by atoms with E-state index < -0.39 is 29.9 Å². The molecule has 0 aromatic carbocycles. The van der Waals surface area contributed by atoms with E-state index in [0.717, 1.165) is 57.6 Å². The molecule has 0 radical (unpaired) electrons. The molecule has 3 N–H and O–H groups in total. The van der Waals surface area contributed by atoms with Crippen LogP contribution in [0.4, 0.5) is 26.3 Å². The number of pyridine rings is 1. The number of halogens is 6. The Hall–Kier alpha value is -2.98. The third-order valence-corrected chi connectivity index (χ3v) is 7.27. The Morgan fingerprint density at radius 2 is 1.61 bits per heavy atom. The second-order valence-corrected chi connectivity index (χ2v) is 10.5. The number of hydrogen-bond donors (Lipinski definition) is 3. The maximum Gasteiger partial charge on any atom is 0.490 e. The fourth-order valence-corrected chi connectivity index (χ4v) is 5.05. The van der Waals surface area contributed by atoms with Crippen LogP contribution >= 0.6 is 0 Å². The van der Waals surface area contributed by atoms with Crippen LogP contribution in [0.2, 0.25) is 0 Å². The summed E-state index contributed by atoms with van der Waals surface area (Å²) in [7, 11) is 2.15. The lowest BCUT2D eigenvalue weighted by Gasteiger charge is -2.37. The smallest absolute Gasteiger partial charge is 0.475 e. The average Bonchev–Trinajstić information content (AvgIpc) is 3.41. The van der Waals surface area contributed by atoms with Gasteiger partial charge >= 0.3 is 24.3 Å². The highest BCUT2D eigenvalue weighted by atomic mass is 19.4. The lowest BCUT2D eigenvalue weighted by atomic mass is 9.77. The van der Waals surface area contributed by atoms with E-state index in [1.807, 2.05) is 23.1 Å². The minimum atomic E-state index is -5.08. The van der Waals surface area contributed by atoms with Crippen molar-refractivity contribution in [2.24, 2.45) is 11.3 Å². The molecule has 3 fully saturated rings. The number of alkyl halides is 6. The first kappa shape index (κ1) is 34.2. The Labute approximate surface area is 231 Å². The first-order chi connectivity index (χ1) is 18.9. The number of aliphatic hydroxyl groups is 1. The summed E-state index contributed by atoms with van der Waals surface area (Å²) < 4.78 is 69.5. The largest absolute Gasteiger partial charge is 0.490 e. The minimum Gasteiger partial charge on any atom is -0.475 e. The number of ether oxygens (including phenoxy) is 1. The van der Waals surface area contributed by atoms with Crippen molar-refractivity contribution in [2.45, 2.75) is 56.7 Å². The topological polar surface area (TPSA) is 140 Å². The Balaban J connectivity index is 0.000000349. The lowest BCUT2D eigenvalue weighted by Crippen LogP contribution is -2.44. The second-order valence-electron chi connectivity index (χ2n) is 10.5. The van der Waals surface area contributed by atoms with Crippen molar-refractivity contribution in [3.63, 3.8) is 0 Å². The SMILES string of the molecule is CN1C[C@@H](COCc2ccccn2)[C@]2(CCN(C(=O)CC3(O)CCC3)C2)C1.O=C(O)C(F)(F)F.O=C(O)C(F)(F)F. The number of aromatic nitrogens is 1. The predicted molar refractivity (Wildman–Crippen MR) is 129 cm³/mol. The molecule has 2 saturated heterocycles. The van der Waals surface area contributed by atoms with E-state index >= 15 is 0 Å². The van der Waals surface area contributed by atoms with Crippen LogP contribution in [0.3, 0.4) is 0 Å². The van der Waals surface area contributed by atoms with E-state index in [2.05, 4.69) is 16.9 Å². The van der Waals surface area contributed by atoms with Crippen LogP contribution in [0.25, 0.3) is 0 Å². The van der Waals surface area contributed by atoms with E-state index in [0.29, 0.717) is 25.6 Å². The molecule has 0 unspecified atom stereocenters. The van der Waals surface area contributed by atoms with Crippen molar-refractivity contribution in [3.8, 4) is 0 Å². The van der Waals surface area contributed by atoms with Crippen molar-refractivity contribution in [1.82, 2.24) is 14.8 Å². The van der Waals surface area contributed by atoms with E-state index in [9.17, 15) is 36.2 Å². The van der Waals surface area contributed by atoms with Gasteiger partial charge in [0.2, 0.25) is 5.91 Å². The van der Waals surface area contributed by atoms with Gasteiger partial charge in [0.05, 0.1) is 30.9 Å². The average molecular weight is 602 g/mol. The predicted octanol–water partition coefficient (Wildman–Crippen LogP) is 2.95. The number of carbonyl (C=O) groups excluding carboxylic acids is 1. The Kier molecular flexibility index (Phi) is 11.5. The molecular weight excluding hydrogens is 568 g/mol. The lowest BCUT2D eigenvalue weighted by molar-refractivity contribution is -0.193. The van der Waals surface area contributed by atoms with Gasteiger partial charge in [-0.25, -0.2) is 9.59 Å². The standard InChI is InChI=1S/C21H31N3O3.2C2HF3O2/c1-23-12-17(13-27-14-18-5-2-3-9-22-18)20(15-23)8-10-24(16-20)19(25)11-21(26)6-4-7-21;2*3-2(4,5)1(6)7/h2-3,5,9,17,26H,4,6-8,10-16H2,1H3;2*(H,6,7)/t17-,20+;;/m0../s1. The first-order valence-corrected chi connectivity index (χ1v) is 12.6. The molecule has 0 bridgehead atoms. The van der Waals surface area contributed by atoms with E-state index in [-0.39, 0.29) is 11.3 Å². The summed E-state index contributed by atoms with van der Waals surface area (Å²) in [5.41, 5.74) is 0.344. The maximum absolute atomic E-state index is 12.7. The number of likely N-dealkylation sites (tertiary alicyclic amines) is 2. The molecule has 3 heterocycles. The molecular formula is C25H33F6N3O7. The van der Waals surface area contributed by atoms with Gasteiger partial charge in [-0.1, -0.05) is 6.07 Å². The van der Waals surface area contributed by atoms with Crippen molar-refractivity contribution >= 4 is 17.8 Å². The molecule has 1 spiro atoms. The summed E-state index contributed by atoms with van der Waals surface area (Å²) in [6, 6.07) is 5.87. The molecule has 1 aliphatic carbocycles. The maximum atomic E-state index is 12.7. The van der Waals surface area contributed by atoms with Gasteiger partial charge in [-0.3, -0.25) is 9.78 Å². The third-order valence-electron chi connectivity index (χ3n) is 7.27. The highest BCUT2D eigenvalue weighted by Gasteiger charge is 2.51. The third kappa shape index (κ3) is 10.4. The number of carboxylic acids is 2. The van der Waals surface area contributed by atoms with Gasteiger partial charge < -0.3 is 29.9 Å². The second kappa shape index (κ2) is 13.8. The molecule has 232 valence electrons. The van der Waals surface area contributed by atoms with E-state index in [1.54, 1.807) is 6.20 Å². The van der Waals surface area contributed by atoms with Gasteiger partial charge in [0.1, 0.15) is 0 Å². The van der Waals surface area contributed by atoms with Crippen molar-refractivity contribution in [3.05, 3.63) is 30.1 Å². The molecule has 41 heavy (non-hydrogen) atoms. The summed E-state index contributed by atoms with van der Waals surface area (Å²) in [6.07, 6.45) is -4.48. The Morgan fingerprint density at radius 3 is 2.07 bits per heavy atom. The number of aliphatic carboxylic acids is 2. The number of rotatable bonds is 6. The van der Waals surface area contributed by atoms with E-state index in [4.69, 9.17) is 24.5 Å².